The second-order valence-corrected chi connectivity index (χ2v) is 10.5. The van der Waals surface area contributed by atoms with Gasteiger partial charge in [-0.1, -0.05) is 48.5 Å². The molecule has 6 aromatic rings. The number of aliphatic hydroxyl groups excluding tert-OH is 2. The van der Waals surface area contributed by atoms with Crippen LogP contribution in [0.2, 0.25) is 0 Å². The molecule has 0 bridgehead atoms. The van der Waals surface area contributed by atoms with Crippen molar-refractivity contribution in [3.8, 4) is 0 Å². The quantitative estimate of drug-likeness (QED) is 0.0415. The zero-order valence-electron chi connectivity index (χ0n) is 26.3. The fourth-order valence-electron chi connectivity index (χ4n) is 4.51. The Kier molecular flexibility index (Phi) is 14.3. The first kappa shape index (κ1) is 36.8. The Morgan fingerprint density at radius 3 is 0.980 bits per heavy atom. The summed E-state index contributed by atoms with van der Waals surface area (Å²) in [5.41, 5.74) is 31.3. The number of nitrogens with one attached hydrogen (secondary N) is 2. The van der Waals surface area contributed by atoms with Crippen molar-refractivity contribution in [2.75, 3.05) is 11.5 Å². The van der Waals surface area contributed by atoms with E-state index in [9.17, 15) is 10.2 Å². The molecule has 4 aromatic heterocycles. The van der Waals surface area contributed by atoms with Gasteiger partial charge in [0.2, 0.25) is 0 Å². The van der Waals surface area contributed by atoms with Crippen molar-refractivity contribution >= 4 is 11.4 Å². The van der Waals surface area contributed by atoms with Gasteiger partial charge in [0.15, 0.2) is 0 Å². The van der Waals surface area contributed by atoms with Crippen molar-refractivity contribution in [3.05, 3.63) is 191 Å². The van der Waals surface area contributed by atoms with Gasteiger partial charge >= 0.3 is 17.1 Å². The van der Waals surface area contributed by atoms with Gasteiger partial charge in [0.25, 0.3) is 0 Å². The summed E-state index contributed by atoms with van der Waals surface area (Å²) in [6.45, 7) is 0. The van der Waals surface area contributed by atoms with E-state index in [-0.39, 0.29) is 17.1 Å². The molecule has 6 rings (SSSR count). The molecule has 250 valence electrons. The van der Waals surface area contributed by atoms with Crippen molar-refractivity contribution < 1.29 is 27.3 Å². The summed E-state index contributed by atoms with van der Waals surface area (Å²) in [6, 6.07) is 35.5. The van der Waals surface area contributed by atoms with Gasteiger partial charge in [-0.25, -0.2) is 0 Å². The second kappa shape index (κ2) is 19.1. The molecule has 0 aliphatic heterocycles. The predicted octanol–water partition coefficient (Wildman–Crippen LogP) is 5.43. The Labute approximate surface area is 295 Å². The molecule has 13 heteroatoms. The monoisotopic (exact) mass is 696 g/mol. The SMILES string of the molecule is Nc1ccc(C(O)N[N-]C(c2ccccn2)c2ccccn2)cc1.Nc1ccc(C(O)N[N-]C(c2ccccn2)c2ccccn2)cc1.[Fe+2]. The third-order valence-corrected chi connectivity index (χ3v) is 7.03. The van der Waals surface area contributed by atoms with Crippen molar-refractivity contribution in [2.24, 2.45) is 0 Å². The Morgan fingerprint density at radius 2 is 0.735 bits per heavy atom. The number of hydrogen-bond acceptors (Lipinski definition) is 10. The fourth-order valence-corrected chi connectivity index (χ4v) is 4.51. The maximum Gasteiger partial charge on any atom is 2.00 e. The van der Waals surface area contributed by atoms with Crippen LogP contribution in [0.5, 0.6) is 0 Å². The normalized spacial score (nSPS) is 12.0. The van der Waals surface area contributed by atoms with E-state index in [1.165, 1.54) is 0 Å². The van der Waals surface area contributed by atoms with Crippen LogP contribution in [0.15, 0.2) is 146 Å². The average Bonchev–Trinajstić information content (AvgIpc) is 3.14. The molecule has 0 aliphatic carbocycles. The summed E-state index contributed by atoms with van der Waals surface area (Å²) in [6.07, 6.45) is 4.93. The summed E-state index contributed by atoms with van der Waals surface area (Å²) in [5.74, 6) is 0. The van der Waals surface area contributed by atoms with Crippen LogP contribution in [0.25, 0.3) is 10.9 Å². The standard InChI is InChI=1S/2C18H18N5O.Fe/c2*19-14-9-7-13(8-10-14)18(24)23-22-17(15-5-1-3-11-20-15)16-6-2-4-12-21-16;/h2*1-12,17-18,23-24H,19H2;/q2*-1;+2. The number of hydrogen-bond donors (Lipinski definition) is 6. The molecule has 12 nitrogen and oxygen atoms in total. The van der Waals surface area contributed by atoms with E-state index in [1.807, 2.05) is 72.8 Å². The molecule has 0 saturated heterocycles. The van der Waals surface area contributed by atoms with Crippen LogP contribution < -0.4 is 22.3 Å². The minimum absolute atomic E-state index is 0. The van der Waals surface area contributed by atoms with Crippen LogP contribution in [-0.4, -0.2) is 30.1 Å². The maximum atomic E-state index is 10.3. The van der Waals surface area contributed by atoms with Crippen LogP contribution in [0.4, 0.5) is 11.4 Å². The van der Waals surface area contributed by atoms with E-state index in [0.717, 1.165) is 22.8 Å². The average molecular weight is 697 g/mol. The van der Waals surface area contributed by atoms with Crippen molar-refractivity contribution in [2.45, 2.75) is 24.5 Å². The third kappa shape index (κ3) is 11.0. The molecule has 0 saturated carbocycles. The minimum Gasteiger partial charge on any atom is -0.582 e. The van der Waals surface area contributed by atoms with Crippen LogP contribution in [0.1, 0.15) is 58.4 Å². The summed E-state index contributed by atoms with van der Waals surface area (Å²) < 4.78 is 0. The van der Waals surface area contributed by atoms with Gasteiger partial charge in [0.05, 0.1) is 0 Å². The van der Waals surface area contributed by atoms with Gasteiger partial charge in [0, 0.05) is 58.9 Å². The maximum absolute atomic E-state index is 10.3. The van der Waals surface area contributed by atoms with E-state index in [4.69, 9.17) is 11.5 Å². The number of anilines is 2. The molecule has 2 unspecified atom stereocenters. The zero-order valence-corrected chi connectivity index (χ0v) is 27.4. The number of nitrogens with two attached hydrogens (primary N) is 2. The van der Waals surface area contributed by atoms with Crippen molar-refractivity contribution in [3.63, 3.8) is 0 Å². The number of rotatable bonds is 12. The van der Waals surface area contributed by atoms with E-state index >= 15 is 0 Å². The van der Waals surface area contributed by atoms with Crippen LogP contribution in [0, 0.1) is 0 Å². The van der Waals surface area contributed by atoms with Crippen LogP contribution in [-0.2, 0) is 17.1 Å². The predicted molar refractivity (Wildman–Crippen MR) is 185 cm³/mol. The zero-order chi connectivity index (χ0) is 33.6. The Bertz CT molecular complexity index is 1560. The van der Waals surface area contributed by atoms with Gasteiger partial charge in [-0.05, 0) is 96.0 Å². The first-order chi connectivity index (χ1) is 23.5. The Morgan fingerprint density at radius 1 is 0.449 bits per heavy atom. The summed E-state index contributed by atoms with van der Waals surface area (Å²) in [4.78, 5) is 17.4. The number of pyridine rings is 4. The Balaban J connectivity index is 0.000000216. The number of benzene rings is 2. The number of aromatic nitrogens is 4. The molecule has 49 heavy (non-hydrogen) atoms. The molecule has 2 atom stereocenters. The number of aliphatic hydroxyl groups is 2. The smallest absolute Gasteiger partial charge is 0.582 e. The van der Waals surface area contributed by atoms with Gasteiger partial charge in [-0.15, -0.1) is 0 Å². The van der Waals surface area contributed by atoms with Gasteiger partial charge in [-0.2, -0.15) is 0 Å². The van der Waals surface area contributed by atoms with Crippen LogP contribution in [0.3, 0.4) is 0 Å². The molecular formula is C36H36FeN10O2. The summed E-state index contributed by atoms with van der Waals surface area (Å²) >= 11 is 0. The number of nitrogen functional groups attached to an aromatic ring is 2. The minimum atomic E-state index is -0.944. The molecular weight excluding hydrogens is 660 g/mol. The fraction of sp³-hybridized carbons (Fsp3) is 0.111. The summed E-state index contributed by atoms with van der Waals surface area (Å²) in [7, 11) is 0. The Hall–Kier alpha value is -5.08. The van der Waals surface area contributed by atoms with Crippen molar-refractivity contribution in [1.29, 1.82) is 0 Å². The first-order valence-corrected chi connectivity index (χ1v) is 15.1. The van der Waals surface area contributed by atoms with E-state index < -0.39 is 24.5 Å². The number of nitrogens with zero attached hydrogens (tertiary/aromatic N) is 6. The molecule has 0 aliphatic rings. The topological polar surface area (TPSA) is 196 Å². The van der Waals surface area contributed by atoms with Crippen LogP contribution >= 0.6 is 0 Å². The molecule has 0 amide bonds. The molecule has 0 fully saturated rings. The van der Waals surface area contributed by atoms with Gasteiger partial charge in [0.1, 0.15) is 12.5 Å². The van der Waals surface area contributed by atoms with E-state index in [1.54, 1.807) is 73.3 Å². The van der Waals surface area contributed by atoms with Gasteiger partial charge in [-0.3, -0.25) is 19.9 Å². The largest absolute Gasteiger partial charge is 2.00 e. The molecule has 0 radical (unpaired) electrons. The first-order valence-electron chi connectivity index (χ1n) is 15.1. The third-order valence-electron chi connectivity index (χ3n) is 7.03. The van der Waals surface area contributed by atoms with E-state index in [2.05, 4.69) is 41.6 Å². The van der Waals surface area contributed by atoms with E-state index in [0.29, 0.717) is 22.5 Å². The van der Waals surface area contributed by atoms with Crippen molar-refractivity contribution in [1.82, 2.24) is 30.8 Å². The molecule has 8 N–H and O–H groups in total. The molecule has 0 spiro atoms. The summed E-state index contributed by atoms with van der Waals surface area (Å²) in [5, 5.41) is 20.5. The second-order valence-electron chi connectivity index (χ2n) is 10.5. The van der Waals surface area contributed by atoms with Gasteiger partial charge < -0.3 is 43.4 Å². The molecule has 4 heterocycles. The molecule has 2 aromatic carbocycles.